The molecule has 1 aromatic carbocycles. The number of nitrogens with zero attached hydrogens (tertiary/aromatic N) is 1. The number of carbonyl (C=O) groups is 2. The number of amides is 1. The number of nitrogens with one attached hydrogen (secondary N) is 3. The zero-order valence-corrected chi connectivity index (χ0v) is 13.3. The third-order valence-electron chi connectivity index (χ3n) is 3.87. The molecule has 23 heavy (non-hydrogen) atoms. The minimum absolute atomic E-state index is 0.0485. The van der Waals surface area contributed by atoms with Gasteiger partial charge in [0.25, 0.3) is 5.91 Å². The molecule has 1 amide bonds. The van der Waals surface area contributed by atoms with Crippen LogP contribution in [0.4, 0.5) is 0 Å². The Morgan fingerprint density at radius 3 is 2.57 bits per heavy atom. The maximum Gasteiger partial charge on any atom is 0.268 e. The van der Waals surface area contributed by atoms with Crippen LogP contribution < -0.4 is 5.32 Å². The molecule has 0 spiro atoms. The van der Waals surface area contributed by atoms with Gasteiger partial charge in [0.2, 0.25) is 0 Å². The van der Waals surface area contributed by atoms with Gasteiger partial charge in [-0.25, -0.2) is 4.98 Å². The summed E-state index contributed by atoms with van der Waals surface area (Å²) in [6, 6.07) is 7.69. The molecule has 0 aliphatic rings. The van der Waals surface area contributed by atoms with E-state index in [1.807, 2.05) is 24.3 Å². The summed E-state index contributed by atoms with van der Waals surface area (Å²) in [5, 5.41) is 2.82. The summed E-state index contributed by atoms with van der Waals surface area (Å²) in [7, 11) is 0. The van der Waals surface area contributed by atoms with Gasteiger partial charge in [-0.3, -0.25) is 9.59 Å². The molecule has 6 nitrogen and oxygen atoms in total. The van der Waals surface area contributed by atoms with E-state index in [-0.39, 0.29) is 11.7 Å². The minimum atomic E-state index is -0.251. The molecule has 118 valence electrons. The number of aryl methyl sites for hydroxylation is 1. The van der Waals surface area contributed by atoms with Crippen molar-refractivity contribution in [1.29, 1.82) is 0 Å². The molecule has 3 rings (SSSR count). The van der Waals surface area contributed by atoms with Crippen LogP contribution in [0.15, 0.2) is 24.3 Å². The summed E-state index contributed by atoms with van der Waals surface area (Å²) in [4.78, 5) is 34.6. The van der Waals surface area contributed by atoms with E-state index in [9.17, 15) is 9.59 Å². The van der Waals surface area contributed by atoms with Crippen molar-refractivity contribution in [2.75, 3.05) is 0 Å². The maximum atomic E-state index is 12.3. The number of imidazole rings is 1. The molecule has 3 N–H and O–H groups in total. The number of para-hydroxylation sites is 2. The van der Waals surface area contributed by atoms with Crippen LogP contribution in [-0.2, 0) is 6.54 Å². The van der Waals surface area contributed by atoms with E-state index in [2.05, 4.69) is 20.3 Å². The molecule has 0 unspecified atom stereocenters. The van der Waals surface area contributed by atoms with Gasteiger partial charge in [-0.1, -0.05) is 12.1 Å². The summed E-state index contributed by atoms with van der Waals surface area (Å²) in [6.45, 7) is 5.36. The van der Waals surface area contributed by atoms with Crippen molar-refractivity contribution < 1.29 is 9.59 Å². The van der Waals surface area contributed by atoms with Gasteiger partial charge < -0.3 is 15.3 Å². The standard InChI is InChI=1S/C17H18N4O2/c1-9-15(11(3)22)10(2)19-16(9)17(23)18-8-14-20-12-6-4-5-7-13(12)21-14/h4-7,19H,8H2,1-3H3,(H,18,23)(H,20,21). The Bertz CT molecular complexity index is 872. The lowest BCUT2D eigenvalue weighted by atomic mass is 10.1. The Morgan fingerprint density at radius 1 is 1.17 bits per heavy atom. The molecule has 0 aliphatic heterocycles. The number of aromatic amines is 2. The molecule has 0 aliphatic carbocycles. The molecule has 2 heterocycles. The zero-order chi connectivity index (χ0) is 16.6. The van der Waals surface area contributed by atoms with E-state index < -0.39 is 0 Å². The van der Waals surface area contributed by atoms with Gasteiger partial charge in [-0.2, -0.15) is 0 Å². The molecule has 2 aromatic heterocycles. The van der Waals surface area contributed by atoms with Gasteiger partial charge in [0.15, 0.2) is 5.78 Å². The lowest BCUT2D eigenvalue weighted by molar-refractivity contribution is 0.0944. The molecular formula is C17H18N4O2. The topological polar surface area (TPSA) is 90.6 Å². The zero-order valence-electron chi connectivity index (χ0n) is 13.3. The molecule has 0 bridgehead atoms. The molecular weight excluding hydrogens is 292 g/mol. The summed E-state index contributed by atoms with van der Waals surface area (Å²) in [5.74, 6) is 0.387. The molecule has 0 radical (unpaired) electrons. The first-order valence-corrected chi connectivity index (χ1v) is 7.39. The van der Waals surface area contributed by atoms with E-state index in [0.717, 1.165) is 11.0 Å². The third kappa shape index (κ3) is 2.75. The van der Waals surface area contributed by atoms with E-state index in [0.29, 0.717) is 34.9 Å². The van der Waals surface area contributed by atoms with Crippen LogP contribution in [0.2, 0.25) is 0 Å². The quantitative estimate of drug-likeness (QED) is 0.647. The van der Waals surface area contributed by atoms with Crippen molar-refractivity contribution in [2.24, 2.45) is 0 Å². The Hall–Kier alpha value is -2.89. The van der Waals surface area contributed by atoms with Crippen molar-refractivity contribution in [3.8, 4) is 0 Å². The Labute approximate surface area is 133 Å². The third-order valence-corrected chi connectivity index (χ3v) is 3.87. The summed E-state index contributed by atoms with van der Waals surface area (Å²) < 4.78 is 0. The Kier molecular flexibility index (Phi) is 3.73. The average Bonchev–Trinajstić information content (AvgIpc) is 3.05. The molecule has 0 fully saturated rings. The fraction of sp³-hybridized carbons (Fsp3) is 0.235. The minimum Gasteiger partial charge on any atom is -0.354 e. The highest BCUT2D eigenvalue weighted by molar-refractivity contribution is 6.02. The van der Waals surface area contributed by atoms with Crippen LogP contribution in [0.1, 0.15) is 44.9 Å². The predicted molar refractivity (Wildman–Crippen MR) is 87.5 cm³/mol. The van der Waals surface area contributed by atoms with E-state index in [1.54, 1.807) is 13.8 Å². The smallest absolute Gasteiger partial charge is 0.268 e. The van der Waals surface area contributed by atoms with Crippen LogP contribution in [-0.4, -0.2) is 26.6 Å². The Morgan fingerprint density at radius 2 is 1.91 bits per heavy atom. The predicted octanol–water partition coefficient (Wildman–Crippen LogP) is 2.64. The first-order chi connectivity index (χ1) is 11.0. The van der Waals surface area contributed by atoms with Gasteiger partial charge in [0, 0.05) is 11.3 Å². The molecule has 0 saturated carbocycles. The number of rotatable bonds is 4. The second kappa shape index (κ2) is 5.72. The first-order valence-electron chi connectivity index (χ1n) is 7.39. The van der Waals surface area contributed by atoms with Gasteiger partial charge >= 0.3 is 0 Å². The summed E-state index contributed by atoms with van der Waals surface area (Å²) >= 11 is 0. The van der Waals surface area contributed by atoms with Crippen LogP contribution in [0, 0.1) is 13.8 Å². The van der Waals surface area contributed by atoms with Crippen molar-refractivity contribution in [2.45, 2.75) is 27.3 Å². The normalized spacial score (nSPS) is 10.9. The number of fused-ring (bicyclic) bond motifs is 1. The van der Waals surface area contributed by atoms with Crippen molar-refractivity contribution >= 4 is 22.7 Å². The highest BCUT2D eigenvalue weighted by Crippen LogP contribution is 2.18. The van der Waals surface area contributed by atoms with Crippen LogP contribution in [0.5, 0.6) is 0 Å². The van der Waals surface area contributed by atoms with Gasteiger partial charge in [-0.05, 0) is 38.5 Å². The number of carbonyl (C=O) groups excluding carboxylic acids is 2. The number of hydrogen-bond acceptors (Lipinski definition) is 3. The van der Waals surface area contributed by atoms with Gasteiger partial charge in [-0.15, -0.1) is 0 Å². The van der Waals surface area contributed by atoms with Crippen LogP contribution in [0.25, 0.3) is 11.0 Å². The van der Waals surface area contributed by atoms with E-state index >= 15 is 0 Å². The maximum absolute atomic E-state index is 12.3. The highest BCUT2D eigenvalue weighted by Gasteiger charge is 2.19. The number of Topliss-reactive ketones (excluding diaryl/α,β-unsaturated/α-hetero) is 1. The number of H-pyrrole nitrogens is 2. The van der Waals surface area contributed by atoms with Crippen molar-refractivity contribution in [3.05, 3.63) is 52.6 Å². The van der Waals surface area contributed by atoms with E-state index in [1.165, 1.54) is 6.92 Å². The molecule has 6 heteroatoms. The number of aromatic nitrogens is 3. The fourth-order valence-electron chi connectivity index (χ4n) is 2.85. The van der Waals surface area contributed by atoms with E-state index in [4.69, 9.17) is 0 Å². The van der Waals surface area contributed by atoms with Crippen molar-refractivity contribution in [1.82, 2.24) is 20.3 Å². The Balaban J connectivity index is 1.77. The van der Waals surface area contributed by atoms with Crippen LogP contribution in [0.3, 0.4) is 0 Å². The van der Waals surface area contributed by atoms with Crippen LogP contribution >= 0.6 is 0 Å². The number of ketones is 1. The largest absolute Gasteiger partial charge is 0.354 e. The second-order valence-corrected chi connectivity index (χ2v) is 5.56. The lowest BCUT2D eigenvalue weighted by Crippen LogP contribution is -2.24. The first kappa shape index (κ1) is 15.0. The lowest BCUT2D eigenvalue weighted by Gasteiger charge is -2.03. The fourth-order valence-corrected chi connectivity index (χ4v) is 2.85. The number of hydrogen-bond donors (Lipinski definition) is 3. The molecule has 3 aromatic rings. The summed E-state index contributed by atoms with van der Waals surface area (Å²) in [6.07, 6.45) is 0. The average molecular weight is 310 g/mol. The SMILES string of the molecule is CC(=O)c1c(C)[nH]c(C(=O)NCc2nc3ccccc3[nH]2)c1C. The molecule has 0 saturated heterocycles. The second-order valence-electron chi connectivity index (χ2n) is 5.56. The van der Waals surface area contributed by atoms with Gasteiger partial charge in [0.1, 0.15) is 11.5 Å². The molecule has 0 atom stereocenters. The van der Waals surface area contributed by atoms with Gasteiger partial charge in [0.05, 0.1) is 17.6 Å². The monoisotopic (exact) mass is 310 g/mol. The highest BCUT2D eigenvalue weighted by atomic mass is 16.2. The van der Waals surface area contributed by atoms with Crippen molar-refractivity contribution in [3.63, 3.8) is 0 Å². The summed E-state index contributed by atoms with van der Waals surface area (Å²) in [5.41, 5.74) is 4.19. The number of benzene rings is 1.